The van der Waals surface area contributed by atoms with E-state index in [2.05, 4.69) is 15.5 Å². The number of aromatic nitrogens is 2. The molecule has 1 aromatic heterocycles. The molecule has 2 N–H and O–H groups in total. The van der Waals surface area contributed by atoms with Gasteiger partial charge in [-0.3, -0.25) is 4.79 Å². The highest BCUT2D eigenvalue weighted by Crippen LogP contribution is 2.18. The van der Waals surface area contributed by atoms with Crippen LogP contribution in [0.15, 0.2) is 59.1 Å². The van der Waals surface area contributed by atoms with E-state index >= 15 is 0 Å². The lowest BCUT2D eigenvalue weighted by Crippen LogP contribution is -2.28. The number of hydrogen-bond donors (Lipinski definition) is 2. The minimum atomic E-state index is -1.25. The number of benzene rings is 2. The van der Waals surface area contributed by atoms with Gasteiger partial charge in [-0.1, -0.05) is 47.1 Å². The molecule has 0 saturated heterocycles. The maximum absolute atomic E-state index is 12.0. The zero-order valence-corrected chi connectivity index (χ0v) is 13.3. The van der Waals surface area contributed by atoms with E-state index in [9.17, 15) is 9.90 Å². The molecule has 0 aliphatic rings. The molecule has 24 heavy (non-hydrogen) atoms. The summed E-state index contributed by atoms with van der Waals surface area (Å²) in [5, 5.41) is 17.0. The molecule has 0 aliphatic carbocycles. The summed E-state index contributed by atoms with van der Waals surface area (Å²) in [7, 11) is 0. The highest BCUT2D eigenvalue weighted by atomic mass is 35.5. The van der Waals surface area contributed by atoms with Gasteiger partial charge in [-0.2, -0.15) is 4.98 Å². The summed E-state index contributed by atoms with van der Waals surface area (Å²) in [5.41, 5.74) is 1.27. The second-order valence-electron chi connectivity index (χ2n) is 5.05. The number of aliphatic hydroxyl groups excluding tert-OH is 1. The lowest BCUT2D eigenvalue weighted by Gasteiger charge is -2.10. The van der Waals surface area contributed by atoms with Crippen molar-refractivity contribution in [3.8, 4) is 11.4 Å². The normalized spacial score (nSPS) is 11.9. The van der Waals surface area contributed by atoms with Gasteiger partial charge in [-0.05, 0) is 29.8 Å². The second kappa shape index (κ2) is 7.25. The Balaban J connectivity index is 1.61. The van der Waals surface area contributed by atoms with Gasteiger partial charge in [0.25, 0.3) is 5.91 Å². The SMILES string of the molecule is O=C(NCc1nc(-c2ccc(Cl)cc2)no1)C(O)c1ccccc1. The van der Waals surface area contributed by atoms with Gasteiger partial charge in [0.2, 0.25) is 11.7 Å². The van der Waals surface area contributed by atoms with E-state index in [1.807, 2.05) is 6.07 Å². The zero-order chi connectivity index (χ0) is 16.9. The molecule has 2 aromatic carbocycles. The molecule has 1 unspecified atom stereocenters. The van der Waals surface area contributed by atoms with Gasteiger partial charge in [-0.25, -0.2) is 0 Å². The Morgan fingerprint density at radius 2 is 1.88 bits per heavy atom. The summed E-state index contributed by atoms with van der Waals surface area (Å²) in [4.78, 5) is 16.2. The first-order valence-electron chi connectivity index (χ1n) is 7.23. The van der Waals surface area contributed by atoms with Crippen LogP contribution < -0.4 is 5.32 Å². The van der Waals surface area contributed by atoms with Gasteiger partial charge in [0, 0.05) is 10.6 Å². The maximum Gasteiger partial charge on any atom is 0.253 e. The predicted molar refractivity (Wildman–Crippen MR) is 88.0 cm³/mol. The quantitative estimate of drug-likeness (QED) is 0.743. The molecule has 122 valence electrons. The standard InChI is InChI=1S/C17H14ClN3O3/c18-13-8-6-12(7-9-13)16-20-14(24-21-16)10-19-17(23)15(22)11-4-2-1-3-5-11/h1-9,15,22H,10H2,(H,19,23). The van der Waals surface area contributed by atoms with E-state index in [4.69, 9.17) is 16.1 Å². The van der Waals surface area contributed by atoms with Crippen molar-refractivity contribution in [2.75, 3.05) is 0 Å². The van der Waals surface area contributed by atoms with E-state index in [0.29, 0.717) is 16.4 Å². The molecule has 3 aromatic rings. The molecule has 1 amide bonds. The third-order valence-electron chi connectivity index (χ3n) is 3.35. The van der Waals surface area contributed by atoms with Crippen molar-refractivity contribution < 1.29 is 14.4 Å². The van der Waals surface area contributed by atoms with Crippen LogP contribution in [0.3, 0.4) is 0 Å². The lowest BCUT2D eigenvalue weighted by molar-refractivity contribution is -0.129. The number of aliphatic hydroxyl groups is 1. The van der Waals surface area contributed by atoms with Crippen LogP contribution >= 0.6 is 11.6 Å². The maximum atomic E-state index is 12.0. The Bertz CT molecular complexity index is 819. The smallest absolute Gasteiger partial charge is 0.253 e. The first-order chi connectivity index (χ1) is 11.6. The molecule has 1 atom stereocenters. The number of nitrogens with zero attached hydrogens (tertiary/aromatic N) is 2. The minimum Gasteiger partial charge on any atom is -0.378 e. The fraction of sp³-hybridized carbons (Fsp3) is 0.118. The summed E-state index contributed by atoms with van der Waals surface area (Å²) < 4.78 is 5.09. The number of hydrogen-bond acceptors (Lipinski definition) is 5. The van der Waals surface area contributed by atoms with Gasteiger partial charge >= 0.3 is 0 Å². The summed E-state index contributed by atoms with van der Waals surface area (Å²) in [6.45, 7) is 0.0311. The molecule has 0 spiro atoms. The average molecular weight is 344 g/mol. The predicted octanol–water partition coefficient (Wildman–Crippen LogP) is 2.74. The Kier molecular flexibility index (Phi) is 4.88. The fourth-order valence-corrected chi connectivity index (χ4v) is 2.21. The van der Waals surface area contributed by atoms with E-state index in [-0.39, 0.29) is 12.4 Å². The van der Waals surface area contributed by atoms with Gasteiger partial charge in [0.05, 0.1) is 6.54 Å². The van der Waals surface area contributed by atoms with Crippen molar-refractivity contribution >= 4 is 17.5 Å². The van der Waals surface area contributed by atoms with Crippen LogP contribution in [0.25, 0.3) is 11.4 Å². The monoisotopic (exact) mass is 343 g/mol. The van der Waals surface area contributed by atoms with Gasteiger partial charge in [-0.15, -0.1) is 0 Å². The molecule has 0 saturated carbocycles. The molecule has 0 fully saturated rings. The first kappa shape index (κ1) is 16.2. The third kappa shape index (κ3) is 3.79. The number of halogens is 1. The van der Waals surface area contributed by atoms with Crippen LogP contribution in [0.2, 0.25) is 5.02 Å². The highest BCUT2D eigenvalue weighted by molar-refractivity contribution is 6.30. The Morgan fingerprint density at radius 3 is 2.58 bits per heavy atom. The van der Waals surface area contributed by atoms with Crippen LogP contribution in [-0.4, -0.2) is 21.2 Å². The number of carbonyl (C=O) groups is 1. The van der Waals surface area contributed by atoms with E-state index in [1.165, 1.54) is 0 Å². The molecular formula is C17H14ClN3O3. The van der Waals surface area contributed by atoms with E-state index in [0.717, 1.165) is 5.56 Å². The molecular weight excluding hydrogens is 330 g/mol. The van der Waals surface area contributed by atoms with Crippen molar-refractivity contribution in [2.45, 2.75) is 12.6 Å². The van der Waals surface area contributed by atoms with Crippen LogP contribution in [0.1, 0.15) is 17.6 Å². The van der Waals surface area contributed by atoms with Gasteiger partial charge < -0.3 is 14.9 Å². The largest absolute Gasteiger partial charge is 0.378 e. The molecule has 6 nitrogen and oxygen atoms in total. The Hall–Kier alpha value is -2.70. The zero-order valence-electron chi connectivity index (χ0n) is 12.5. The highest BCUT2D eigenvalue weighted by Gasteiger charge is 2.17. The number of amides is 1. The van der Waals surface area contributed by atoms with Crippen molar-refractivity contribution in [2.24, 2.45) is 0 Å². The molecule has 0 bridgehead atoms. The first-order valence-corrected chi connectivity index (χ1v) is 7.60. The van der Waals surface area contributed by atoms with Crippen molar-refractivity contribution in [3.63, 3.8) is 0 Å². The van der Waals surface area contributed by atoms with Crippen molar-refractivity contribution in [3.05, 3.63) is 71.1 Å². The summed E-state index contributed by atoms with van der Waals surface area (Å²) in [6.07, 6.45) is -1.25. The van der Waals surface area contributed by atoms with Crippen LogP contribution in [-0.2, 0) is 11.3 Å². The molecule has 3 rings (SSSR count). The number of carbonyl (C=O) groups excluding carboxylic acids is 1. The molecule has 1 heterocycles. The summed E-state index contributed by atoms with van der Waals surface area (Å²) >= 11 is 5.83. The fourth-order valence-electron chi connectivity index (χ4n) is 2.09. The van der Waals surface area contributed by atoms with Crippen molar-refractivity contribution in [1.82, 2.24) is 15.5 Å². The number of rotatable bonds is 5. The average Bonchev–Trinajstić information content (AvgIpc) is 3.09. The van der Waals surface area contributed by atoms with Gasteiger partial charge in [0.1, 0.15) is 0 Å². The van der Waals surface area contributed by atoms with Crippen molar-refractivity contribution in [1.29, 1.82) is 0 Å². The van der Waals surface area contributed by atoms with E-state index < -0.39 is 12.0 Å². The molecule has 7 heteroatoms. The Labute approximate surface area is 143 Å². The van der Waals surface area contributed by atoms with E-state index in [1.54, 1.807) is 48.5 Å². The molecule has 0 aliphatic heterocycles. The topological polar surface area (TPSA) is 88.3 Å². The minimum absolute atomic E-state index is 0.0311. The van der Waals surface area contributed by atoms with Crippen LogP contribution in [0, 0.1) is 0 Å². The number of nitrogens with one attached hydrogen (secondary N) is 1. The van der Waals surface area contributed by atoms with Crippen LogP contribution in [0.4, 0.5) is 0 Å². The summed E-state index contributed by atoms with van der Waals surface area (Å²) in [5.74, 6) is 0.112. The molecule has 0 radical (unpaired) electrons. The second-order valence-corrected chi connectivity index (χ2v) is 5.49. The van der Waals surface area contributed by atoms with Crippen LogP contribution in [0.5, 0.6) is 0 Å². The summed E-state index contributed by atoms with van der Waals surface area (Å²) in [6, 6.07) is 15.7. The third-order valence-corrected chi connectivity index (χ3v) is 3.60. The van der Waals surface area contributed by atoms with Gasteiger partial charge in [0.15, 0.2) is 6.10 Å². The Morgan fingerprint density at radius 1 is 1.17 bits per heavy atom. The lowest BCUT2D eigenvalue weighted by atomic mass is 10.1.